The number of allylic oxidation sites excluding steroid dienone is 1. The molecule has 5 nitrogen and oxygen atoms in total. The summed E-state index contributed by atoms with van der Waals surface area (Å²) in [5.74, 6) is 1.16. The lowest BCUT2D eigenvalue weighted by Crippen LogP contribution is -2.43. The molecule has 1 aromatic carbocycles. The average molecular weight is 316 g/mol. The SMILES string of the molecule is C=CCN1CCN(C=CC(=O)c2cc(OC)cc(OC)c2)CC1. The Morgan fingerprint density at radius 1 is 1.13 bits per heavy atom. The van der Waals surface area contributed by atoms with E-state index < -0.39 is 0 Å². The van der Waals surface area contributed by atoms with Crippen LogP contribution in [0.15, 0.2) is 43.1 Å². The third-order valence-electron chi connectivity index (χ3n) is 3.87. The number of carbonyl (C=O) groups is 1. The predicted octanol–water partition coefficient (Wildman–Crippen LogP) is 2.20. The average Bonchev–Trinajstić information content (AvgIpc) is 2.60. The molecular formula is C18H24N2O3. The highest BCUT2D eigenvalue weighted by molar-refractivity contribution is 6.05. The Bertz CT molecular complexity index is 553. The van der Waals surface area contributed by atoms with E-state index in [1.54, 1.807) is 38.5 Å². The topological polar surface area (TPSA) is 42.0 Å². The highest BCUT2D eigenvalue weighted by atomic mass is 16.5. The summed E-state index contributed by atoms with van der Waals surface area (Å²) in [6, 6.07) is 5.19. The van der Waals surface area contributed by atoms with E-state index in [0.717, 1.165) is 32.7 Å². The molecule has 0 spiro atoms. The number of ether oxygens (including phenoxy) is 2. The summed E-state index contributed by atoms with van der Waals surface area (Å²) in [5, 5.41) is 0. The van der Waals surface area contributed by atoms with Crippen LogP contribution in [-0.4, -0.2) is 62.5 Å². The number of piperazine rings is 1. The maximum absolute atomic E-state index is 12.3. The second-order valence-corrected chi connectivity index (χ2v) is 5.41. The summed E-state index contributed by atoms with van der Waals surface area (Å²) in [6.45, 7) is 8.48. The monoisotopic (exact) mass is 316 g/mol. The maximum atomic E-state index is 12.3. The van der Waals surface area contributed by atoms with E-state index in [0.29, 0.717) is 17.1 Å². The molecule has 0 N–H and O–H groups in total. The second-order valence-electron chi connectivity index (χ2n) is 5.41. The van der Waals surface area contributed by atoms with Gasteiger partial charge in [-0.15, -0.1) is 6.58 Å². The van der Waals surface area contributed by atoms with Gasteiger partial charge in [-0.2, -0.15) is 0 Å². The zero-order valence-electron chi connectivity index (χ0n) is 13.8. The van der Waals surface area contributed by atoms with Crippen molar-refractivity contribution in [2.75, 3.05) is 46.9 Å². The van der Waals surface area contributed by atoms with Crippen LogP contribution in [0, 0.1) is 0 Å². The predicted molar refractivity (Wildman–Crippen MR) is 91.2 cm³/mol. The molecule has 1 fully saturated rings. The van der Waals surface area contributed by atoms with Crippen LogP contribution >= 0.6 is 0 Å². The minimum Gasteiger partial charge on any atom is -0.497 e. The van der Waals surface area contributed by atoms with E-state index in [-0.39, 0.29) is 5.78 Å². The molecule has 0 aromatic heterocycles. The fraction of sp³-hybridized carbons (Fsp3) is 0.389. The van der Waals surface area contributed by atoms with Crippen LogP contribution < -0.4 is 9.47 Å². The van der Waals surface area contributed by atoms with Crippen LogP contribution in [0.4, 0.5) is 0 Å². The van der Waals surface area contributed by atoms with Crippen molar-refractivity contribution in [2.24, 2.45) is 0 Å². The zero-order chi connectivity index (χ0) is 16.7. The minimum atomic E-state index is -0.0595. The van der Waals surface area contributed by atoms with E-state index >= 15 is 0 Å². The van der Waals surface area contributed by atoms with Gasteiger partial charge in [0, 0.05) is 56.6 Å². The fourth-order valence-corrected chi connectivity index (χ4v) is 2.50. The molecule has 0 unspecified atom stereocenters. The molecule has 1 aliphatic rings. The molecule has 0 atom stereocenters. The van der Waals surface area contributed by atoms with E-state index in [1.807, 2.05) is 12.3 Å². The molecule has 23 heavy (non-hydrogen) atoms. The second kappa shape index (κ2) is 8.39. The number of ketones is 1. The Balaban J connectivity index is 1.98. The Morgan fingerprint density at radius 3 is 2.26 bits per heavy atom. The van der Waals surface area contributed by atoms with Crippen LogP contribution in [0.3, 0.4) is 0 Å². The largest absolute Gasteiger partial charge is 0.497 e. The van der Waals surface area contributed by atoms with Gasteiger partial charge in [0.05, 0.1) is 14.2 Å². The van der Waals surface area contributed by atoms with E-state index in [1.165, 1.54) is 0 Å². The van der Waals surface area contributed by atoms with Crippen LogP contribution in [-0.2, 0) is 0 Å². The molecular weight excluding hydrogens is 292 g/mol. The number of carbonyl (C=O) groups excluding carboxylic acids is 1. The highest BCUT2D eigenvalue weighted by Crippen LogP contribution is 2.23. The molecule has 0 saturated carbocycles. The first kappa shape index (κ1) is 17.1. The van der Waals surface area contributed by atoms with Gasteiger partial charge in [0.15, 0.2) is 5.78 Å². The number of methoxy groups -OCH3 is 2. The molecule has 1 aliphatic heterocycles. The molecule has 1 heterocycles. The van der Waals surface area contributed by atoms with Crippen LogP contribution in [0.2, 0.25) is 0 Å². The van der Waals surface area contributed by atoms with Gasteiger partial charge in [-0.25, -0.2) is 0 Å². The number of nitrogens with zero attached hydrogens (tertiary/aromatic N) is 2. The first-order valence-electron chi connectivity index (χ1n) is 7.69. The number of hydrogen-bond acceptors (Lipinski definition) is 5. The number of rotatable bonds is 7. The van der Waals surface area contributed by atoms with Gasteiger partial charge in [-0.1, -0.05) is 6.08 Å². The van der Waals surface area contributed by atoms with Gasteiger partial charge in [0.2, 0.25) is 0 Å². The zero-order valence-corrected chi connectivity index (χ0v) is 13.8. The molecule has 124 valence electrons. The van der Waals surface area contributed by atoms with Crippen molar-refractivity contribution in [2.45, 2.75) is 0 Å². The Labute approximate surface area is 137 Å². The molecule has 0 aliphatic carbocycles. The number of hydrogen-bond donors (Lipinski definition) is 0. The van der Waals surface area contributed by atoms with Crippen LogP contribution in [0.5, 0.6) is 11.5 Å². The molecule has 0 radical (unpaired) electrons. The summed E-state index contributed by atoms with van der Waals surface area (Å²) < 4.78 is 10.4. The summed E-state index contributed by atoms with van der Waals surface area (Å²) >= 11 is 0. The van der Waals surface area contributed by atoms with Crippen molar-refractivity contribution < 1.29 is 14.3 Å². The molecule has 1 aromatic rings. The molecule has 1 saturated heterocycles. The van der Waals surface area contributed by atoms with Crippen molar-refractivity contribution in [3.05, 3.63) is 48.7 Å². The van der Waals surface area contributed by atoms with Crippen LogP contribution in [0.25, 0.3) is 0 Å². The standard InChI is InChI=1S/C18H24N2O3/c1-4-6-19-8-10-20(11-9-19)7-5-18(21)15-12-16(22-2)14-17(13-15)23-3/h4-5,7,12-14H,1,6,8-11H2,2-3H3. The Hall–Kier alpha value is -2.27. The highest BCUT2D eigenvalue weighted by Gasteiger charge is 2.13. The molecule has 5 heteroatoms. The fourth-order valence-electron chi connectivity index (χ4n) is 2.50. The first-order valence-corrected chi connectivity index (χ1v) is 7.69. The van der Waals surface area contributed by atoms with Crippen molar-refractivity contribution in [3.8, 4) is 11.5 Å². The van der Waals surface area contributed by atoms with Gasteiger partial charge in [0.25, 0.3) is 0 Å². The third kappa shape index (κ3) is 4.86. The molecule has 0 bridgehead atoms. The first-order chi connectivity index (χ1) is 11.2. The lowest BCUT2D eigenvalue weighted by Gasteiger charge is -2.33. The summed E-state index contributed by atoms with van der Waals surface area (Å²) in [4.78, 5) is 16.8. The van der Waals surface area contributed by atoms with Crippen molar-refractivity contribution in [1.29, 1.82) is 0 Å². The summed E-state index contributed by atoms with van der Waals surface area (Å²) in [6.07, 6.45) is 5.40. The van der Waals surface area contributed by atoms with Crippen molar-refractivity contribution in [1.82, 2.24) is 9.80 Å². The van der Waals surface area contributed by atoms with E-state index in [9.17, 15) is 4.79 Å². The van der Waals surface area contributed by atoms with Crippen molar-refractivity contribution in [3.63, 3.8) is 0 Å². The molecule has 0 amide bonds. The van der Waals surface area contributed by atoms with Crippen molar-refractivity contribution >= 4 is 5.78 Å². The van der Waals surface area contributed by atoms with E-state index in [4.69, 9.17) is 9.47 Å². The minimum absolute atomic E-state index is 0.0595. The maximum Gasteiger partial charge on any atom is 0.187 e. The quantitative estimate of drug-likeness (QED) is 0.438. The normalized spacial score (nSPS) is 15.7. The molecule has 2 rings (SSSR count). The summed E-state index contributed by atoms with van der Waals surface area (Å²) in [7, 11) is 3.14. The number of benzene rings is 1. The Kier molecular flexibility index (Phi) is 6.23. The Morgan fingerprint density at radius 2 is 1.74 bits per heavy atom. The van der Waals surface area contributed by atoms with Gasteiger partial charge in [-0.05, 0) is 12.1 Å². The lowest BCUT2D eigenvalue weighted by molar-refractivity contribution is 0.104. The van der Waals surface area contributed by atoms with Gasteiger partial charge >= 0.3 is 0 Å². The van der Waals surface area contributed by atoms with Gasteiger partial charge < -0.3 is 14.4 Å². The third-order valence-corrected chi connectivity index (χ3v) is 3.87. The van der Waals surface area contributed by atoms with Gasteiger partial charge in [-0.3, -0.25) is 9.69 Å². The van der Waals surface area contributed by atoms with Gasteiger partial charge in [0.1, 0.15) is 11.5 Å². The summed E-state index contributed by atoms with van der Waals surface area (Å²) in [5.41, 5.74) is 0.558. The smallest absolute Gasteiger partial charge is 0.187 e. The van der Waals surface area contributed by atoms with E-state index in [2.05, 4.69) is 16.4 Å². The lowest BCUT2D eigenvalue weighted by atomic mass is 10.1. The van der Waals surface area contributed by atoms with Crippen LogP contribution in [0.1, 0.15) is 10.4 Å².